The SMILES string of the molecule is O=C(CN1CCN(Cc2cc(F)cc3c2OCOC3)CC1)N1CCCCC1. The van der Waals surface area contributed by atoms with Gasteiger partial charge in [-0.2, -0.15) is 0 Å². The zero-order chi connectivity index (χ0) is 18.6. The van der Waals surface area contributed by atoms with Gasteiger partial charge in [-0.15, -0.1) is 0 Å². The topological polar surface area (TPSA) is 45.3 Å². The van der Waals surface area contributed by atoms with Crippen molar-refractivity contribution in [3.05, 3.63) is 29.1 Å². The summed E-state index contributed by atoms with van der Waals surface area (Å²) in [5, 5.41) is 0. The van der Waals surface area contributed by atoms with Gasteiger partial charge < -0.3 is 14.4 Å². The number of rotatable bonds is 4. The van der Waals surface area contributed by atoms with Crippen LogP contribution in [0.15, 0.2) is 12.1 Å². The van der Waals surface area contributed by atoms with Gasteiger partial charge in [0.25, 0.3) is 0 Å². The van der Waals surface area contributed by atoms with Gasteiger partial charge in [0.2, 0.25) is 5.91 Å². The van der Waals surface area contributed by atoms with E-state index in [1.807, 2.05) is 4.90 Å². The Labute approximate surface area is 159 Å². The summed E-state index contributed by atoms with van der Waals surface area (Å²) in [6, 6.07) is 3.05. The molecule has 1 aromatic carbocycles. The maximum absolute atomic E-state index is 13.9. The molecule has 0 bridgehead atoms. The fraction of sp³-hybridized carbons (Fsp3) is 0.650. The van der Waals surface area contributed by atoms with Crippen molar-refractivity contribution in [2.45, 2.75) is 32.4 Å². The third kappa shape index (κ3) is 4.59. The van der Waals surface area contributed by atoms with Gasteiger partial charge in [0, 0.05) is 56.9 Å². The summed E-state index contributed by atoms with van der Waals surface area (Å²) in [5.74, 6) is 0.782. The molecule has 0 unspecified atom stereocenters. The molecule has 4 rings (SSSR count). The first-order valence-electron chi connectivity index (χ1n) is 9.93. The van der Waals surface area contributed by atoms with Gasteiger partial charge in [0.15, 0.2) is 6.79 Å². The van der Waals surface area contributed by atoms with Gasteiger partial charge in [-0.25, -0.2) is 4.39 Å². The zero-order valence-corrected chi connectivity index (χ0v) is 15.8. The molecule has 27 heavy (non-hydrogen) atoms. The monoisotopic (exact) mass is 377 g/mol. The molecule has 0 aromatic heterocycles. The van der Waals surface area contributed by atoms with Crippen molar-refractivity contribution >= 4 is 5.91 Å². The van der Waals surface area contributed by atoms with Crippen LogP contribution in [0.3, 0.4) is 0 Å². The van der Waals surface area contributed by atoms with Crippen molar-refractivity contribution in [3.8, 4) is 5.75 Å². The predicted octanol–water partition coefficient (Wildman–Crippen LogP) is 1.82. The molecule has 0 spiro atoms. The molecule has 0 aliphatic carbocycles. The van der Waals surface area contributed by atoms with Gasteiger partial charge in [-0.05, 0) is 31.4 Å². The number of likely N-dealkylation sites (tertiary alicyclic amines) is 1. The number of nitrogens with zero attached hydrogens (tertiary/aromatic N) is 3. The summed E-state index contributed by atoms with van der Waals surface area (Å²) in [7, 11) is 0. The molecule has 1 amide bonds. The molecular weight excluding hydrogens is 349 g/mol. The molecular formula is C20H28FN3O3. The molecule has 2 saturated heterocycles. The number of benzene rings is 1. The fourth-order valence-electron chi connectivity index (χ4n) is 4.16. The minimum absolute atomic E-state index is 0.220. The van der Waals surface area contributed by atoms with Crippen molar-refractivity contribution in [3.63, 3.8) is 0 Å². The number of hydrogen-bond acceptors (Lipinski definition) is 5. The Balaban J connectivity index is 1.30. The van der Waals surface area contributed by atoms with Gasteiger partial charge in [-0.1, -0.05) is 0 Å². The van der Waals surface area contributed by atoms with Gasteiger partial charge >= 0.3 is 0 Å². The van der Waals surface area contributed by atoms with E-state index in [-0.39, 0.29) is 18.5 Å². The normalized spacial score (nSPS) is 21.6. The second-order valence-corrected chi connectivity index (χ2v) is 7.66. The molecule has 0 N–H and O–H groups in total. The Hall–Kier alpha value is -1.70. The van der Waals surface area contributed by atoms with Crippen molar-refractivity contribution in [1.82, 2.24) is 14.7 Å². The van der Waals surface area contributed by atoms with Crippen LogP contribution in [0.5, 0.6) is 5.75 Å². The standard InChI is InChI=1S/C20H28FN3O3/c21-18-10-16(20-17(11-18)14-26-15-27-20)12-22-6-8-23(9-7-22)13-19(25)24-4-2-1-3-5-24/h10-11H,1-9,12-15H2. The largest absolute Gasteiger partial charge is 0.467 e. The second kappa shape index (κ2) is 8.54. The van der Waals surface area contributed by atoms with E-state index < -0.39 is 0 Å². The lowest BCUT2D eigenvalue weighted by Crippen LogP contribution is -2.50. The minimum Gasteiger partial charge on any atom is -0.467 e. The van der Waals surface area contributed by atoms with Crippen LogP contribution in [0.1, 0.15) is 30.4 Å². The van der Waals surface area contributed by atoms with E-state index in [0.717, 1.165) is 69.0 Å². The van der Waals surface area contributed by atoms with Crippen molar-refractivity contribution in [2.24, 2.45) is 0 Å². The molecule has 0 atom stereocenters. The second-order valence-electron chi connectivity index (χ2n) is 7.66. The van der Waals surface area contributed by atoms with Crippen LogP contribution < -0.4 is 4.74 Å². The van der Waals surface area contributed by atoms with E-state index in [2.05, 4.69) is 9.80 Å². The summed E-state index contributed by atoms with van der Waals surface area (Å²) < 4.78 is 24.8. The predicted molar refractivity (Wildman–Crippen MR) is 98.8 cm³/mol. The summed E-state index contributed by atoms with van der Waals surface area (Å²) in [6.07, 6.45) is 3.50. The lowest BCUT2D eigenvalue weighted by Gasteiger charge is -2.36. The van der Waals surface area contributed by atoms with Crippen LogP contribution >= 0.6 is 0 Å². The maximum atomic E-state index is 13.9. The molecule has 148 valence electrons. The summed E-state index contributed by atoms with van der Waals surface area (Å²) >= 11 is 0. The zero-order valence-electron chi connectivity index (χ0n) is 15.8. The fourth-order valence-corrected chi connectivity index (χ4v) is 4.16. The first-order chi connectivity index (χ1) is 13.2. The molecule has 6 nitrogen and oxygen atoms in total. The number of halogens is 1. The van der Waals surface area contributed by atoms with Crippen molar-refractivity contribution in [2.75, 3.05) is 52.6 Å². The Morgan fingerprint density at radius 2 is 1.74 bits per heavy atom. The van der Waals surface area contributed by atoms with E-state index in [1.165, 1.54) is 12.5 Å². The van der Waals surface area contributed by atoms with E-state index in [1.54, 1.807) is 6.07 Å². The van der Waals surface area contributed by atoms with E-state index >= 15 is 0 Å². The molecule has 7 heteroatoms. The average molecular weight is 377 g/mol. The molecule has 3 aliphatic heterocycles. The highest BCUT2D eigenvalue weighted by Crippen LogP contribution is 2.30. The number of carbonyl (C=O) groups is 1. The van der Waals surface area contributed by atoms with Gasteiger partial charge in [0.1, 0.15) is 11.6 Å². The van der Waals surface area contributed by atoms with Crippen LogP contribution in [0, 0.1) is 5.82 Å². The smallest absolute Gasteiger partial charge is 0.236 e. The summed E-state index contributed by atoms with van der Waals surface area (Å²) in [5.41, 5.74) is 1.66. The Bertz CT molecular complexity index is 671. The number of ether oxygens (including phenoxy) is 2. The van der Waals surface area contributed by atoms with E-state index in [9.17, 15) is 9.18 Å². The molecule has 3 heterocycles. The van der Waals surface area contributed by atoms with Crippen LogP contribution in [-0.4, -0.2) is 73.2 Å². The maximum Gasteiger partial charge on any atom is 0.236 e. The Kier molecular flexibility index (Phi) is 5.90. The highest BCUT2D eigenvalue weighted by molar-refractivity contribution is 5.78. The average Bonchev–Trinajstić information content (AvgIpc) is 2.70. The highest BCUT2D eigenvalue weighted by Gasteiger charge is 2.24. The number of hydrogen-bond donors (Lipinski definition) is 0. The van der Waals surface area contributed by atoms with Crippen molar-refractivity contribution in [1.29, 1.82) is 0 Å². The van der Waals surface area contributed by atoms with Crippen LogP contribution in [0.25, 0.3) is 0 Å². The summed E-state index contributed by atoms with van der Waals surface area (Å²) in [6.45, 7) is 7.08. The number of carbonyl (C=O) groups excluding carboxylic acids is 1. The van der Waals surface area contributed by atoms with Crippen LogP contribution in [0.2, 0.25) is 0 Å². The Morgan fingerprint density at radius 1 is 1.00 bits per heavy atom. The number of piperidine rings is 1. The summed E-state index contributed by atoms with van der Waals surface area (Å²) in [4.78, 5) is 19.0. The molecule has 3 aliphatic rings. The minimum atomic E-state index is -0.247. The number of piperazine rings is 1. The molecule has 0 radical (unpaired) electrons. The molecule has 2 fully saturated rings. The van der Waals surface area contributed by atoms with Crippen molar-refractivity contribution < 1.29 is 18.7 Å². The first-order valence-corrected chi connectivity index (χ1v) is 9.93. The van der Waals surface area contributed by atoms with E-state index in [4.69, 9.17) is 9.47 Å². The quantitative estimate of drug-likeness (QED) is 0.801. The van der Waals surface area contributed by atoms with Crippen LogP contribution in [0.4, 0.5) is 4.39 Å². The first kappa shape index (κ1) is 18.7. The lowest BCUT2D eigenvalue weighted by atomic mass is 10.1. The molecule has 1 aromatic rings. The highest BCUT2D eigenvalue weighted by atomic mass is 19.1. The molecule has 0 saturated carbocycles. The third-order valence-corrected chi connectivity index (χ3v) is 5.68. The lowest BCUT2D eigenvalue weighted by molar-refractivity contribution is -0.133. The van der Waals surface area contributed by atoms with Gasteiger partial charge in [0.05, 0.1) is 13.2 Å². The number of amides is 1. The third-order valence-electron chi connectivity index (χ3n) is 5.68. The van der Waals surface area contributed by atoms with Crippen LogP contribution in [-0.2, 0) is 22.7 Å². The van der Waals surface area contributed by atoms with Gasteiger partial charge in [-0.3, -0.25) is 14.6 Å². The van der Waals surface area contributed by atoms with E-state index in [0.29, 0.717) is 19.7 Å². The Morgan fingerprint density at radius 3 is 2.52 bits per heavy atom. The number of fused-ring (bicyclic) bond motifs is 1.